The van der Waals surface area contributed by atoms with Crippen molar-refractivity contribution in [1.29, 1.82) is 0 Å². The molecule has 0 unspecified atom stereocenters. The van der Waals surface area contributed by atoms with E-state index in [2.05, 4.69) is 10.3 Å². The minimum absolute atomic E-state index is 0.512. The van der Waals surface area contributed by atoms with Crippen molar-refractivity contribution in [3.05, 3.63) is 45.9 Å². The molecule has 2 rings (SSSR count). The fourth-order valence-corrected chi connectivity index (χ4v) is 1.38. The van der Waals surface area contributed by atoms with Crippen molar-refractivity contribution in [3.63, 3.8) is 0 Å². The molecular formula is C10H9N3O3. The third-order valence-electron chi connectivity index (χ3n) is 2.13. The lowest BCUT2D eigenvalue weighted by Gasteiger charge is -2.00. The molecule has 0 aliphatic heterocycles. The Hall–Kier alpha value is -2.37. The number of aromatic carboxylic acids is 1. The van der Waals surface area contributed by atoms with Gasteiger partial charge in [0, 0.05) is 0 Å². The highest BCUT2D eigenvalue weighted by Crippen LogP contribution is 2.06. The molecule has 2 N–H and O–H groups in total. The van der Waals surface area contributed by atoms with Crippen LogP contribution in [0.25, 0.3) is 5.69 Å². The number of nitrogens with one attached hydrogen (secondary N) is 1. The van der Waals surface area contributed by atoms with Gasteiger partial charge in [0.1, 0.15) is 0 Å². The van der Waals surface area contributed by atoms with E-state index in [1.165, 1.54) is 0 Å². The van der Waals surface area contributed by atoms with E-state index in [0.717, 1.165) is 10.2 Å². The summed E-state index contributed by atoms with van der Waals surface area (Å²) >= 11 is 0. The van der Waals surface area contributed by atoms with Gasteiger partial charge in [-0.1, -0.05) is 12.1 Å². The standard InChI is InChI=1S/C10H9N3O3/c1-6-3-2-4-7(5-6)13-9(14)8(10(15)16)11-12-13/h2-5,12H,1H3,(H,15,16). The van der Waals surface area contributed by atoms with Crippen molar-refractivity contribution >= 4 is 5.97 Å². The molecule has 2 aromatic rings. The Kier molecular flexibility index (Phi) is 2.32. The Morgan fingerprint density at radius 2 is 2.25 bits per heavy atom. The fourth-order valence-electron chi connectivity index (χ4n) is 1.38. The molecule has 1 heterocycles. The number of hydrogen-bond donors (Lipinski definition) is 2. The molecule has 0 radical (unpaired) electrons. The van der Waals surface area contributed by atoms with E-state index in [1.807, 2.05) is 13.0 Å². The van der Waals surface area contributed by atoms with Gasteiger partial charge in [-0.3, -0.25) is 4.79 Å². The molecule has 82 valence electrons. The topological polar surface area (TPSA) is 88.0 Å². The van der Waals surface area contributed by atoms with Crippen LogP contribution in [0, 0.1) is 6.92 Å². The molecule has 6 nitrogen and oxygen atoms in total. The van der Waals surface area contributed by atoms with Gasteiger partial charge in [0.25, 0.3) is 0 Å². The number of carbonyl (C=O) groups is 1. The summed E-state index contributed by atoms with van der Waals surface area (Å²) in [6.07, 6.45) is 0. The van der Waals surface area contributed by atoms with Crippen LogP contribution in [-0.2, 0) is 0 Å². The molecular weight excluding hydrogens is 210 g/mol. The monoisotopic (exact) mass is 219 g/mol. The molecule has 16 heavy (non-hydrogen) atoms. The normalized spacial score (nSPS) is 10.3. The zero-order valence-corrected chi connectivity index (χ0v) is 8.47. The average Bonchev–Trinajstić information content (AvgIpc) is 2.60. The predicted molar refractivity (Wildman–Crippen MR) is 55.9 cm³/mol. The average molecular weight is 219 g/mol. The number of H-pyrrole nitrogens is 1. The lowest BCUT2D eigenvalue weighted by atomic mass is 10.2. The Morgan fingerprint density at radius 1 is 1.50 bits per heavy atom. The first-order valence-corrected chi connectivity index (χ1v) is 4.57. The van der Waals surface area contributed by atoms with Gasteiger partial charge in [0.2, 0.25) is 5.69 Å². The Bertz CT molecular complexity index is 597. The van der Waals surface area contributed by atoms with Gasteiger partial charge in [-0.05, 0) is 24.6 Å². The van der Waals surface area contributed by atoms with E-state index in [9.17, 15) is 9.59 Å². The number of carboxylic acid groups (broad SMARTS) is 1. The molecule has 1 aromatic heterocycles. The Morgan fingerprint density at radius 3 is 2.81 bits per heavy atom. The number of aryl methyl sites for hydroxylation is 1. The second-order valence-electron chi connectivity index (χ2n) is 3.35. The molecule has 0 bridgehead atoms. The molecule has 0 atom stereocenters. The second-order valence-corrected chi connectivity index (χ2v) is 3.35. The highest BCUT2D eigenvalue weighted by molar-refractivity contribution is 5.84. The van der Waals surface area contributed by atoms with Gasteiger partial charge in [0.05, 0.1) is 5.69 Å². The molecule has 6 heteroatoms. The van der Waals surface area contributed by atoms with Gasteiger partial charge < -0.3 is 5.11 Å². The van der Waals surface area contributed by atoms with Crippen LogP contribution >= 0.6 is 0 Å². The molecule has 0 aliphatic carbocycles. The van der Waals surface area contributed by atoms with E-state index in [0.29, 0.717) is 5.69 Å². The largest absolute Gasteiger partial charge is 0.476 e. The van der Waals surface area contributed by atoms with Crippen molar-refractivity contribution in [2.45, 2.75) is 6.92 Å². The summed E-state index contributed by atoms with van der Waals surface area (Å²) < 4.78 is 1.09. The summed E-state index contributed by atoms with van der Waals surface area (Å²) in [4.78, 5) is 22.2. The number of nitrogens with zero attached hydrogens (tertiary/aromatic N) is 2. The summed E-state index contributed by atoms with van der Waals surface area (Å²) in [6.45, 7) is 1.88. The SMILES string of the molecule is Cc1cccc(-n2[nH]nc(C(=O)O)c2=O)c1. The van der Waals surface area contributed by atoms with Crippen LogP contribution in [-0.4, -0.2) is 26.1 Å². The van der Waals surface area contributed by atoms with Crippen molar-refractivity contribution in [3.8, 4) is 5.69 Å². The third-order valence-corrected chi connectivity index (χ3v) is 2.13. The Balaban J connectivity index is 2.58. The lowest BCUT2D eigenvalue weighted by Crippen LogP contribution is -2.20. The minimum atomic E-state index is -1.34. The van der Waals surface area contributed by atoms with E-state index in [4.69, 9.17) is 5.11 Å². The summed E-state index contributed by atoms with van der Waals surface area (Å²) in [5, 5.41) is 14.5. The maximum Gasteiger partial charge on any atom is 0.362 e. The molecule has 0 spiro atoms. The van der Waals surface area contributed by atoms with Crippen molar-refractivity contribution in [2.24, 2.45) is 0 Å². The summed E-state index contributed by atoms with van der Waals surface area (Å²) in [6, 6.07) is 7.10. The van der Waals surface area contributed by atoms with Gasteiger partial charge in [-0.25, -0.2) is 14.7 Å². The highest BCUT2D eigenvalue weighted by Gasteiger charge is 2.15. The Labute approximate surface area is 90.1 Å². The van der Waals surface area contributed by atoms with E-state index >= 15 is 0 Å². The van der Waals surface area contributed by atoms with E-state index < -0.39 is 17.2 Å². The predicted octanol–water partition coefficient (Wildman–Crippen LogP) is 0.567. The smallest absolute Gasteiger partial charge is 0.362 e. The first kappa shape index (κ1) is 10.2. The zero-order valence-electron chi connectivity index (χ0n) is 8.47. The van der Waals surface area contributed by atoms with Crippen molar-refractivity contribution in [2.75, 3.05) is 0 Å². The highest BCUT2D eigenvalue weighted by atomic mass is 16.4. The fraction of sp³-hybridized carbons (Fsp3) is 0.100. The van der Waals surface area contributed by atoms with Gasteiger partial charge in [0.15, 0.2) is 0 Å². The summed E-state index contributed by atoms with van der Waals surface area (Å²) in [5.41, 5.74) is 0.348. The number of carboxylic acids is 1. The van der Waals surface area contributed by atoms with Gasteiger partial charge in [-0.2, -0.15) is 0 Å². The first-order chi connectivity index (χ1) is 7.59. The maximum atomic E-state index is 11.6. The molecule has 0 fully saturated rings. The molecule has 0 aliphatic rings. The van der Waals surface area contributed by atoms with Crippen LogP contribution in [0.5, 0.6) is 0 Å². The van der Waals surface area contributed by atoms with Crippen LogP contribution in [0.15, 0.2) is 29.1 Å². The second kappa shape index (κ2) is 3.65. The zero-order chi connectivity index (χ0) is 11.7. The number of benzene rings is 1. The number of rotatable bonds is 2. The number of aromatic amines is 1. The van der Waals surface area contributed by atoms with Crippen LogP contribution in [0.3, 0.4) is 0 Å². The molecule has 1 aromatic carbocycles. The quantitative estimate of drug-likeness (QED) is 0.772. The minimum Gasteiger partial charge on any atom is -0.476 e. The number of hydrogen-bond acceptors (Lipinski definition) is 3. The van der Waals surface area contributed by atoms with Crippen molar-refractivity contribution < 1.29 is 9.90 Å². The van der Waals surface area contributed by atoms with E-state index in [1.54, 1.807) is 18.2 Å². The van der Waals surface area contributed by atoms with Gasteiger partial charge >= 0.3 is 11.5 Å². The summed E-state index contributed by atoms with van der Waals surface area (Å²) in [7, 11) is 0. The van der Waals surface area contributed by atoms with Crippen molar-refractivity contribution in [1.82, 2.24) is 15.0 Å². The third kappa shape index (κ3) is 1.60. The lowest BCUT2D eigenvalue weighted by molar-refractivity contribution is 0.0689. The van der Waals surface area contributed by atoms with E-state index in [-0.39, 0.29) is 0 Å². The van der Waals surface area contributed by atoms with Crippen LogP contribution < -0.4 is 5.56 Å². The molecule has 0 saturated heterocycles. The summed E-state index contributed by atoms with van der Waals surface area (Å²) in [5.74, 6) is -1.34. The first-order valence-electron chi connectivity index (χ1n) is 4.57. The maximum absolute atomic E-state index is 11.6. The number of aromatic nitrogens is 3. The molecule has 0 saturated carbocycles. The van der Waals surface area contributed by atoms with Crippen LogP contribution in [0.2, 0.25) is 0 Å². The van der Waals surface area contributed by atoms with Crippen LogP contribution in [0.4, 0.5) is 0 Å². The molecule has 0 amide bonds. The van der Waals surface area contributed by atoms with Gasteiger partial charge in [-0.15, -0.1) is 5.10 Å². The van der Waals surface area contributed by atoms with Crippen LogP contribution in [0.1, 0.15) is 16.1 Å².